The lowest BCUT2D eigenvalue weighted by molar-refractivity contribution is 0.0682. The number of aromatic nitrogens is 2. The molecule has 1 aromatic rings. The van der Waals surface area contributed by atoms with Gasteiger partial charge in [0.25, 0.3) is 5.91 Å². The Hall–Kier alpha value is -2.40. The zero-order valence-electron chi connectivity index (χ0n) is 17.7. The van der Waals surface area contributed by atoms with Crippen molar-refractivity contribution >= 4 is 11.5 Å². The topological polar surface area (TPSA) is 102 Å². The molecule has 2 aliphatic rings. The van der Waals surface area contributed by atoms with E-state index in [9.17, 15) is 9.90 Å². The largest absolute Gasteiger partial charge is 0.378 e. The Bertz CT molecular complexity index is 922. The molecule has 0 radical (unpaired) electrons. The molecule has 7 nitrogen and oxygen atoms in total. The van der Waals surface area contributed by atoms with Gasteiger partial charge in [-0.2, -0.15) is 0 Å². The maximum Gasteiger partial charge on any atom is 0.269 e. The number of nitrogens with one attached hydrogen (secondary N) is 1. The van der Waals surface area contributed by atoms with Crippen LogP contribution in [0.4, 0.5) is 0 Å². The first-order valence-electron chi connectivity index (χ1n) is 10.0. The van der Waals surface area contributed by atoms with E-state index in [-0.39, 0.29) is 18.1 Å². The third-order valence-corrected chi connectivity index (χ3v) is 4.90. The molecule has 2 heterocycles. The summed E-state index contributed by atoms with van der Waals surface area (Å²) < 4.78 is 8.15. The predicted octanol–water partition coefficient (Wildman–Crippen LogP) is 1.61. The summed E-state index contributed by atoms with van der Waals surface area (Å²) in [5.74, 6) is 6.15. The van der Waals surface area contributed by atoms with Crippen LogP contribution < -0.4 is 11.1 Å². The smallest absolute Gasteiger partial charge is 0.269 e. The number of aliphatic hydroxyl groups is 1. The monoisotopic (exact) mass is 398 g/mol. The number of hydrogen-bond acceptors (Lipinski definition) is 5. The van der Waals surface area contributed by atoms with E-state index in [2.05, 4.69) is 29.1 Å². The zero-order chi connectivity index (χ0) is 21.3. The number of carbonyl (C=O) groups excluding carboxylic acids is 1. The molecule has 156 valence electrons. The summed E-state index contributed by atoms with van der Waals surface area (Å²) in [6, 6.07) is 0.261. The van der Waals surface area contributed by atoms with Gasteiger partial charge in [-0.3, -0.25) is 4.79 Å². The van der Waals surface area contributed by atoms with Gasteiger partial charge in [0.1, 0.15) is 11.4 Å². The minimum absolute atomic E-state index is 0.0821. The van der Waals surface area contributed by atoms with E-state index in [4.69, 9.17) is 10.5 Å². The molecule has 0 aromatic carbocycles. The molecule has 4 N–H and O–H groups in total. The van der Waals surface area contributed by atoms with Crippen LogP contribution in [0, 0.1) is 17.8 Å². The van der Waals surface area contributed by atoms with E-state index < -0.39 is 11.5 Å². The van der Waals surface area contributed by atoms with Gasteiger partial charge in [-0.1, -0.05) is 38.7 Å². The summed E-state index contributed by atoms with van der Waals surface area (Å²) in [7, 11) is 0. The molecular weight excluding hydrogens is 368 g/mol. The summed E-state index contributed by atoms with van der Waals surface area (Å²) in [6.07, 6.45) is 3.82. The highest BCUT2D eigenvalue weighted by molar-refractivity contribution is 5.93. The minimum atomic E-state index is -1.08. The van der Waals surface area contributed by atoms with Gasteiger partial charge in [0.05, 0.1) is 18.4 Å². The fraction of sp³-hybridized carbons (Fsp3) is 0.545. The quantitative estimate of drug-likeness (QED) is 0.669. The van der Waals surface area contributed by atoms with Gasteiger partial charge >= 0.3 is 0 Å². The van der Waals surface area contributed by atoms with Gasteiger partial charge in [-0.15, -0.1) is 0 Å². The Balaban J connectivity index is 2.10. The van der Waals surface area contributed by atoms with Gasteiger partial charge in [0, 0.05) is 36.2 Å². The first kappa shape index (κ1) is 21.3. The van der Waals surface area contributed by atoms with Crippen molar-refractivity contribution in [3.8, 4) is 11.8 Å². The van der Waals surface area contributed by atoms with E-state index in [0.29, 0.717) is 31.2 Å². The van der Waals surface area contributed by atoms with E-state index in [1.807, 2.05) is 30.6 Å². The molecule has 2 unspecified atom stereocenters. The van der Waals surface area contributed by atoms with Crippen molar-refractivity contribution in [2.24, 2.45) is 11.7 Å². The van der Waals surface area contributed by atoms with E-state index in [0.717, 1.165) is 16.8 Å². The van der Waals surface area contributed by atoms with Crippen LogP contribution in [0.3, 0.4) is 0 Å². The molecule has 1 amide bonds. The predicted molar refractivity (Wildman–Crippen MR) is 112 cm³/mol. The van der Waals surface area contributed by atoms with Crippen LogP contribution in [0.1, 0.15) is 56.6 Å². The van der Waals surface area contributed by atoms with Crippen molar-refractivity contribution in [2.45, 2.75) is 65.5 Å². The molecular formula is C22H30N4O3. The summed E-state index contributed by atoms with van der Waals surface area (Å²) in [5.41, 5.74) is 7.31. The van der Waals surface area contributed by atoms with Crippen LogP contribution in [-0.2, 0) is 17.8 Å². The zero-order valence-corrected chi connectivity index (χ0v) is 17.7. The van der Waals surface area contributed by atoms with Crippen molar-refractivity contribution in [3.05, 3.63) is 34.9 Å². The number of nitrogens with two attached hydrogens (primary N) is 1. The van der Waals surface area contributed by atoms with Crippen LogP contribution in [0.15, 0.2) is 17.7 Å². The fourth-order valence-electron chi connectivity index (χ4n) is 3.58. The summed E-state index contributed by atoms with van der Waals surface area (Å²) >= 11 is 0. The molecule has 0 saturated carbocycles. The Morgan fingerprint density at radius 1 is 1.52 bits per heavy atom. The molecule has 1 aliphatic heterocycles. The number of imidazole rings is 1. The van der Waals surface area contributed by atoms with Crippen molar-refractivity contribution in [1.29, 1.82) is 0 Å². The number of fused-ring (bicyclic) bond motifs is 3. The third kappa shape index (κ3) is 4.78. The number of primary amides is 1. The number of carbonyl (C=O) groups is 1. The Labute approximate surface area is 172 Å². The van der Waals surface area contributed by atoms with Crippen LogP contribution in [0.2, 0.25) is 0 Å². The van der Waals surface area contributed by atoms with E-state index in [1.165, 1.54) is 0 Å². The Kier molecular flexibility index (Phi) is 5.99. The van der Waals surface area contributed by atoms with Crippen LogP contribution >= 0.6 is 0 Å². The van der Waals surface area contributed by atoms with Gasteiger partial charge in [0.2, 0.25) is 0 Å². The van der Waals surface area contributed by atoms with Gasteiger partial charge in [0.15, 0.2) is 5.69 Å². The fourth-order valence-corrected chi connectivity index (χ4v) is 3.58. The normalized spacial score (nSPS) is 21.3. The van der Waals surface area contributed by atoms with Gasteiger partial charge in [-0.05, 0) is 19.9 Å². The highest BCUT2D eigenvalue weighted by Crippen LogP contribution is 2.35. The molecule has 7 heteroatoms. The minimum Gasteiger partial charge on any atom is -0.378 e. The number of hydrogen-bond donors (Lipinski definition) is 3. The second-order valence-electron chi connectivity index (χ2n) is 8.46. The van der Waals surface area contributed by atoms with E-state index >= 15 is 0 Å². The maximum atomic E-state index is 12.1. The number of allylic oxidation sites excluding steroid dienone is 2. The summed E-state index contributed by atoms with van der Waals surface area (Å²) in [5, 5.41) is 13.3. The molecule has 3 rings (SSSR count). The average molecular weight is 399 g/mol. The van der Waals surface area contributed by atoms with Crippen LogP contribution in [0.25, 0.3) is 5.57 Å². The highest BCUT2D eigenvalue weighted by Gasteiger charge is 2.33. The highest BCUT2D eigenvalue weighted by atomic mass is 16.5. The maximum absolute atomic E-state index is 12.1. The molecule has 29 heavy (non-hydrogen) atoms. The van der Waals surface area contributed by atoms with Crippen molar-refractivity contribution < 1.29 is 14.6 Å². The third-order valence-electron chi connectivity index (χ3n) is 4.90. The van der Waals surface area contributed by atoms with Gasteiger partial charge in [-0.25, -0.2) is 4.98 Å². The molecule has 0 bridgehead atoms. The Morgan fingerprint density at radius 3 is 2.86 bits per heavy atom. The van der Waals surface area contributed by atoms with Gasteiger partial charge < -0.3 is 25.5 Å². The molecule has 0 spiro atoms. The standard InChI is InChI=1S/C22H30N4O3/c1-13(2)24-12-17-18(20(23)27)25-21-16-11-15(6-7-22(4,5)28)10-14(3)19(16)29-9-8-26(17)21/h10-11,13-14,19,24,28H,8-9,12H2,1-5H3,(H2,23,27). The first-order valence-corrected chi connectivity index (χ1v) is 10.0. The van der Waals surface area contributed by atoms with E-state index in [1.54, 1.807) is 13.8 Å². The number of amides is 1. The van der Waals surface area contributed by atoms with Crippen molar-refractivity contribution in [3.63, 3.8) is 0 Å². The van der Waals surface area contributed by atoms with Crippen molar-refractivity contribution in [1.82, 2.24) is 14.9 Å². The molecule has 2 atom stereocenters. The van der Waals surface area contributed by atoms with Crippen molar-refractivity contribution in [2.75, 3.05) is 6.61 Å². The lowest BCUT2D eigenvalue weighted by Crippen LogP contribution is -2.26. The SMILES string of the molecule is CC(C)NCc1c(C(N)=O)nc2n1CCOC1C2=CC(C#CC(C)(C)O)=CC1C. The second kappa shape index (κ2) is 8.15. The second-order valence-corrected chi connectivity index (χ2v) is 8.46. The molecule has 1 aromatic heterocycles. The average Bonchev–Trinajstić information content (AvgIpc) is 2.87. The number of nitrogens with zero attached hydrogens (tertiary/aromatic N) is 2. The molecule has 0 fully saturated rings. The first-order chi connectivity index (χ1) is 13.6. The lowest BCUT2D eigenvalue weighted by atomic mass is 9.88. The summed E-state index contributed by atoms with van der Waals surface area (Å²) in [6.45, 7) is 11.1. The summed E-state index contributed by atoms with van der Waals surface area (Å²) in [4.78, 5) is 16.7. The molecule has 0 saturated heterocycles. The van der Waals surface area contributed by atoms with Crippen LogP contribution in [-0.4, -0.2) is 44.9 Å². The number of ether oxygens (including phenoxy) is 1. The Morgan fingerprint density at radius 2 is 2.24 bits per heavy atom. The molecule has 1 aliphatic carbocycles. The van der Waals surface area contributed by atoms with Crippen LogP contribution in [0.5, 0.6) is 0 Å². The lowest BCUT2D eigenvalue weighted by Gasteiger charge is -2.26. The number of rotatable bonds is 4.